The summed E-state index contributed by atoms with van der Waals surface area (Å²) in [5.41, 5.74) is 1.26. The Labute approximate surface area is 162 Å². The molecule has 0 spiro atoms. The highest BCUT2D eigenvalue weighted by molar-refractivity contribution is 5.92. The van der Waals surface area contributed by atoms with E-state index in [4.69, 9.17) is 9.47 Å². The van der Waals surface area contributed by atoms with Gasteiger partial charge in [-0.1, -0.05) is 6.07 Å². The highest BCUT2D eigenvalue weighted by Gasteiger charge is 2.53. The summed E-state index contributed by atoms with van der Waals surface area (Å²) in [5, 5.41) is 3.28. The average molecular weight is 370 g/mol. The van der Waals surface area contributed by atoms with Gasteiger partial charge in [-0.3, -0.25) is 4.79 Å². The van der Waals surface area contributed by atoms with E-state index >= 15 is 0 Å². The van der Waals surface area contributed by atoms with Crippen molar-refractivity contribution in [2.24, 2.45) is 23.2 Å². The molecule has 4 aliphatic rings. The number of carbonyl (C=O) groups is 1. The van der Waals surface area contributed by atoms with Gasteiger partial charge in [0.1, 0.15) is 0 Å². The van der Waals surface area contributed by atoms with E-state index in [1.807, 2.05) is 24.3 Å². The predicted octanol–water partition coefficient (Wildman–Crippen LogP) is 4.44. The van der Waals surface area contributed by atoms with Crippen LogP contribution in [0.5, 0.6) is 11.5 Å². The van der Waals surface area contributed by atoms with Gasteiger partial charge in [0.05, 0.1) is 14.2 Å². The summed E-state index contributed by atoms with van der Waals surface area (Å²) in [7, 11) is 3.23. The molecule has 1 atom stereocenters. The van der Waals surface area contributed by atoms with Crippen LogP contribution in [-0.2, 0) is 4.79 Å². The molecule has 0 heterocycles. The first-order valence-electron chi connectivity index (χ1n) is 10.2. The van der Waals surface area contributed by atoms with E-state index < -0.39 is 0 Å². The van der Waals surface area contributed by atoms with Gasteiger partial charge in [-0.2, -0.15) is 0 Å². The lowest BCUT2D eigenvalue weighted by molar-refractivity contribution is -0.121. The number of amides is 1. The number of carbonyl (C=O) groups excluding carboxylic acids is 1. The van der Waals surface area contributed by atoms with Crippen LogP contribution in [0.4, 0.5) is 0 Å². The minimum Gasteiger partial charge on any atom is -0.493 e. The first kappa shape index (κ1) is 18.4. The molecule has 4 bridgehead atoms. The Morgan fingerprint density at radius 2 is 1.67 bits per heavy atom. The zero-order valence-corrected chi connectivity index (χ0v) is 16.7. The van der Waals surface area contributed by atoms with Gasteiger partial charge in [0.15, 0.2) is 11.5 Å². The molecule has 0 aliphatic heterocycles. The Balaban J connectivity index is 1.40. The molecular weight excluding hydrogens is 338 g/mol. The second-order valence-corrected chi connectivity index (χ2v) is 8.96. The van der Waals surface area contributed by atoms with Gasteiger partial charge in [0, 0.05) is 12.1 Å². The summed E-state index contributed by atoms with van der Waals surface area (Å²) in [6.45, 7) is 2.22. The molecule has 1 amide bonds. The minimum atomic E-state index is -0.00645. The molecule has 4 saturated carbocycles. The van der Waals surface area contributed by atoms with Crippen molar-refractivity contribution < 1.29 is 14.3 Å². The third-order valence-corrected chi connectivity index (χ3v) is 7.20. The fourth-order valence-corrected chi connectivity index (χ4v) is 6.25. The zero-order valence-electron chi connectivity index (χ0n) is 16.7. The maximum Gasteiger partial charge on any atom is 0.244 e. The summed E-state index contributed by atoms with van der Waals surface area (Å²) in [6.07, 6.45) is 11.7. The lowest BCUT2D eigenvalue weighted by Gasteiger charge is -2.59. The Kier molecular flexibility index (Phi) is 4.92. The number of hydrogen-bond donors (Lipinski definition) is 1. The summed E-state index contributed by atoms with van der Waals surface area (Å²) < 4.78 is 10.6. The normalized spacial score (nSPS) is 32.5. The third-order valence-electron chi connectivity index (χ3n) is 7.20. The van der Waals surface area contributed by atoms with E-state index in [2.05, 4.69) is 12.2 Å². The van der Waals surface area contributed by atoms with Crippen molar-refractivity contribution in [1.82, 2.24) is 5.32 Å². The number of ether oxygens (including phenoxy) is 2. The van der Waals surface area contributed by atoms with Crippen molar-refractivity contribution in [2.75, 3.05) is 14.2 Å². The van der Waals surface area contributed by atoms with Crippen molar-refractivity contribution >= 4 is 12.0 Å². The van der Waals surface area contributed by atoms with Gasteiger partial charge in [0.2, 0.25) is 5.91 Å². The predicted molar refractivity (Wildman–Crippen MR) is 107 cm³/mol. The number of hydrogen-bond acceptors (Lipinski definition) is 3. The van der Waals surface area contributed by atoms with Gasteiger partial charge in [-0.25, -0.2) is 0 Å². The largest absolute Gasteiger partial charge is 0.493 e. The smallest absolute Gasteiger partial charge is 0.244 e. The zero-order chi connectivity index (χ0) is 19.0. The van der Waals surface area contributed by atoms with Gasteiger partial charge < -0.3 is 14.8 Å². The minimum absolute atomic E-state index is 0.00645. The molecule has 4 nitrogen and oxygen atoms in total. The average Bonchev–Trinajstić information content (AvgIpc) is 2.65. The second kappa shape index (κ2) is 7.21. The molecule has 1 N–H and O–H groups in total. The molecule has 0 radical (unpaired) electrons. The van der Waals surface area contributed by atoms with Crippen molar-refractivity contribution in [1.29, 1.82) is 0 Å². The fraction of sp³-hybridized carbons (Fsp3) is 0.609. The highest BCUT2D eigenvalue weighted by Crippen LogP contribution is 2.61. The van der Waals surface area contributed by atoms with Gasteiger partial charge in [-0.05, 0) is 92.4 Å². The number of nitrogens with one attached hydrogen (secondary N) is 1. The van der Waals surface area contributed by atoms with Crippen LogP contribution < -0.4 is 14.8 Å². The van der Waals surface area contributed by atoms with Crippen LogP contribution in [0.15, 0.2) is 24.3 Å². The van der Waals surface area contributed by atoms with Crippen LogP contribution in [0.1, 0.15) is 51.0 Å². The quantitative estimate of drug-likeness (QED) is 0.754. The molecule has 0 saturated heterocycles. The van der Waals surface area contributed by atoms with E-state index in [1.54, 1.807) is 20.3 Å². The van der Waals surface area contributed by atoms with Crippen LogP contribution in [0, 0.1) is 23.2 Å². The number of benzene rings is 1. The molecule has 1 aromatic rings. The molecule has 27 heavy (non-hydrogen) atoms. The van der Waals surface area contributed by atoms with Gasteiger partial charge in [-0.15, -0.1) is 0 Å². The van der Waals surface area contributed by atoms with Crippen LogP contribution in [0.25, 0.3) is 6.08 Å². The molecule has 146 valence electrons. The molecule has 0 aromatic heterocycles. The van der Waals surface area contributed by atoms with Crippen LogP contribution in [-0.4, -0.2) is 26.2 Å². The first-order chi connectivity index (χ1) is 13.0. The maximum atomic E-state index is 12.5. The Morgan fingerprint density at radius 3 is 2.22 bits per heavy atom. The van der Waals surface area contributed by atoms with Gasteiger partial charge in [0.25, 0.3) is 0 Å². The van der Waals surface area contributed by atoms with Crippen molar-refractivity contribution in [3.63, 3.8) is 0 Å². The molecule has 4 fully saturated rings. The Hall–Kier alpha value is -1.97. The Morgan fingerprint density at radius 1 is 1.07 bits per heavy atom. The van der Waals surface area contributed by atoms with Crippen LogP contribution in [0.2, 0.25) is 0 Å². The van der Waals surface area contributed by atoms with Gasteiger partial charge >= 0.3 is 0 Å². The fourth-order valence-electron chi connectivity index (χ4n) is 6.25. The molecule has 4 aliphatic carbocycles. The van der Waals surface area contributed by atoms with E-state index in [9.17, 15) is 4.79 Å². The second-order valence-electron chi connectivity index (χ2n) is 8.96. The monoisotopic (exact) mass is 369 g/mol. The van der Waals surface area contributed by atoms with E-state index in [-0.39, 0.29) is 11.9 Å². The first-order valence-corrected chi connectivity index (χ1v) is 10.2. The molecule has 1 aromatic carbocycles. The SMILES string of the molecule is COc1ccc(/C=C/C(=O)N[C@@H](C)C23CC4CC(CC(C4)C2)C3)cc1OC. The van der Waals surface area contributed by atoms with Crippen molar-refractivity contribution in [3.05, 3.63) is 29.8 Å². The lowest BCUT2D eigenvalue weighted by atomic mass is 9.48. The number of rotatable bonds is 6. The Bertz CT molecular complexity index is 704. The topological polar surface area (TPSA) is 47.6 Å². The highest BCUT2D eigenvalue weighted by atomic mass is 16.5. The summed E-state index contributed by atoms with van der Waals surface area (Å²) in [6, 6.07) is 5.90. The maximum absolute atomic E-state index is 12.5. The van der Waals surface area contributed by atoms with E-state index in [1.165, 1.54) is 38.5 Å². The lowest BCUT2D eigenvalue weighted by Crippen LogP contribution is -2.55. The summed E-state index contributed by atoms with van der Waals surface area (Å²) >= 11 is 0. The molecule has 4 heteroatoms. The van der Waals surface area contributed by atoms with Crippen LogP contribution >= 0.6 is 0 Å². The third kappa shape index (κ3) is 3.59. The van der Waals surface area contributed by atoms with Crippen molar-refractivity contribution in [2.45, 2.75) is 51.5 Å². The van der Waals surface area contributed by atoms with Crippen molar-refractivity contribution in [3.8, 4) is 11.5 Å². The number of methoxy groups -OCH3 is 2. The molecule has 5 rings (SSSR count). The summed E-state index contributed by atoms with van der Waals surface area (Å²) in [4.78, 5) is 12.5. The standard InChI is InChI=1S/C23H31NO3/c1-15(23-12-17-8-18(13-23)10-19(9-17)14-23)24-22(25)7-5-16-4-6-20(26-2)21(11-16)27-3/h4-7,11,15,17-19H,8-10,12-14H2,1-3H3,(H,24,25)/b7-5+/t15-,17?,18?,19?,23?/m0/s1. The van der Waals surface area contributed by atoms with Crippen LogP contribution in [0.3, 0.4) is 0 Å². The van der Waals surface area contributed by atoms with E-state index in [0.717, 1.165) is 23.3 Å². The molecular formula is C23H31NO3. The summed E-state index contributed by atoms with van der Waals surface area (Å²) in [5.74, 6) is 4.05. The molecule has 0 unspecified atom stereocenters. The van der Waals surface area contributed by atoms with E-state index in [0.29, 0.717) is 16.9 Å².